The summed E-state index contributed by atoms with van der Waals surface area (Å²) < 4.78 is 15.4. The number of halogens is 1. The van der Waals surface area contributed by atoms with E-state index in [9.17, 15) is 14.0 Å². The zero-order chi connectivity index (χ0) is 28.1. The number of thiophene rings is 1. The minimum absolute atomic E-state index is 0.0731. The first kappa shape index (κ1) is 27.2. The Kier molecular flexibility index (Phi) is 8.30. The number of hydrogen-bond donors (Lipinski definition) is 3. The van der Waals surface area contributed by atoms with E-state index in [-0.39, 0.29) is 18.1 Å². The average molecular weight is 561 g/mol. The van der Waals surface area contributed by atoms with Crippen LogP contribution in [-0.2, 0) is 16.1 Å². The number of aromatic nitrogens is 4. The lowest BCUT2D eigenvalue weighted by Gasteiger charge is -2.09. The molecule has 1 amide bonds. The Hall–Kier alpha value is -4.38. The van der Waals surface area contributed by atoms with Gasteiger partial charge >= 0.3 is 5.97 Å². The van der Waals surface area contributed by atoms with Crippen molar-refractivity contribution in [2.45, 2.75) is 52.0 Å². The van der Waals surface area contributed by atoms with Gasteiger partial charge in [-0.25, -0.2) is 14.4 Å². The standard InChI is InChI=1S/C29H29FN6O3S/c1-18-26-27(31-17-32-29(26)40-28(18)35-24(37)9-4-2-3-5-10-25(38)39)34-22-11-12-23-20(14-22)15-33-36(23)16-19-7-6-8-21(30)13-19/h6-8,11-15,17H,2-5,9-10,16H2,1H3,(H,35,37)(H,38,39)(H,31,32,34). The van der Waals surface area contributed by atoms with Crippen LogP contribution >= 0.6 is 11.3 Å². The number of benzene rings is 2. The molecule has 3 heterocycles. The second kappa shape index (κ2) is 12.2. The van der Waals surface area contributed by atoms with Gasteiger partial charge in [0.1, 0.15) is 27.8 Å². The van der Waals surface area contributed by atoms with E-state index >= 15 is 0 Å². The van der Waals surface area contributed by atoms with Crippen molar-refractivity contribution in [3.8, 4) is 0 Å². The van der Waals surface area contributed by atoms with Crippen LogP contribution in [0.3, 0.4) is 0 Å². The number of unbranched alkanes of at least 4 members (excludes halogenated alkanes) is 3. The number of nitrogens with one attached hydrogen (secondary N) is 2. The van der Waals surface area contributed by atoms with Gasteiger partial charge in [-0.1, -0.05) is 36.3 Å². The zero-order valence-electron chi connectivity index (χ0n) is 22.0. The number of aryl methyl sites for hydroxylation is 1. The molecule has 0 bridgehead atoms. The summed E-state index contributed by atoms with van der Waals surface area (Å²) in [7, 11) is 0. The third kappa shape index (κ3) is 6.42. The van der Waals surface area contributed by atoms with Crippen molar-refractivity contribution in [1.29, 1.82) is 0 Å². The molecule has 0 radical (unpaired) electrons. The summed E-state index contributed by atoms with van der Waals surface area (Å²) in [5.41, 5.74) is 3.49. The largest absolute Gasteiger partial charge is 0.481 e. The minimum Gasteiger partial charge on any atom is -0.481 e. The molecule has 5 rings (SSSR count). The van der Waals surface area contributed by atoms with E-state index in [1.807, 2.05) is 35.9 Å². The van der Waals surface area contributed by atoms with E-state index in [0.717, 1.165) is 55.8 Å². The van der Waals surface area contributed by atoms with Crippen LogP contribution in [-0.4, -0.2) is 36.7 Å². The van der Waals surface area contributed by atoms with Crippen LogP contribution in [0.2, 0.25) is 0 Å². The van der Waals surface area contributed by atoms with Crippen molar-refractivity contribution in [3.05, 3.63) is 71.9 Å². The summed E-state index contributed by atoms with van der Waals surface area (Å²) in [6.07, 6.45) is 6.78. The summed E-state index contributed by atoms with van der Waals surface area (Å²) in [4.78, 5) is 32.8. The fraction of sp³-hybridized carbons (Fsp3) is 0.276. The molecule has 0 fully saturated rings. The highest BCUT2D eigenvalue weighted by atomic mass is 32.1. The topological polar surface area (TPSA) is 122 Å². The Labute approximate surface area is 234 Å². The first-order valence-electron chi connectivity index (χ1n) is 13.1. The number of hydrogen-bond acceptors (Lipinski definition) is 7. The summed E-state index contributed by atoms with van der Waals surface area (Å²) >= 11 is 1.41. The molecular formula is C29H29FN6O3S. The van der Waals surface area contributed by atoms with Crippen LogP contribution in [0.4, 0.5) is 20.9 Å². The Morgan fingerprint density at radius 3 is 2.67 bits per heavy atom. The number of aliphatic carboxylic acids is 1. The number of rotatable bonds is 12. The van der Waals surface area contributed by atoms with E-state index in [1.54, 1.807) is 12.3 Å². The lowest BCUT2D eigenvalue weighted by Crippen LogP contribution is -2.10. The highest BCUT2D eigenvalue weighted by Crippen LogP contribution is 2.38. The molecule has 3 N–H and O–H groups in total. The van der Waals surface area contributed by atoms with E-state index in [0.29, 0.717) is 31.6 Å². The fourth-order valence-corrected chi connectivity index (χ4v) is 5.69. The van der Waals surface area contributed by atoms with Crippen molar-refractivity contribution >= 4 is 60.8 Å². The second-order valence-electron chi connectivity index (χ2n) is 9.65. The molecule has 5 aromatic rings. The molecule has 0 aliphatic rings. The van der Waals surface area contributed by atoms with Crippen LogP contribution in [0.1, 0.15) is 49.7 Å². The van der Waals surface area contributed by atoms with Gasteiger partial charge in [0.25, 0.3) is 0 Å². The van der Waals surface area contributed by atoms with E-state index in [1.165, 1.54) is 29.8 Å². The smallest absolute Gasteiger partial charge is 0.303 e. The monoisotopic (exact) mass is 560 g/mol. The Balaban J connectivity index is 1.26. The highest BCUT2D eigenvalue weighted by Gasteiger charge is 2.17. The molecular weight excluding hydrogens is 531 g/mol. The number of carboxylic acids is 1. The van der Waals surface area contributed by atoms with Gasteiger partial charge in [-0.15, -0.1) is 0 Å². The van der Waals surface area contributed by atoms with Gasteiger partial charge in [-0.05, 0) is 61.2 Å². The Morgan fingerprint density at radius 1 is 1.05 bits per heavy atom. The first-order chi connectivity index (χ1) is 19.4. The van der Waals surface area contributed by atoms with Gasteiger partial charge in [0.2, 0.25) is 5.91 Å². The molecule has 206 valence electrons. The van der Waals surface area contributed by atoms with Crippen LogP contribution in [0, 0.1) is 12.7 Å². The molecule has 40 heavy (non-hydrogen) atoms. The number of carboxylic acid groups (broad SMARTS) is 1. The summed E-state index contributed by atoms with van der Waals surface area (Å²) in [5, 5.41) is 22.1. The fourth-order valence-electron chi connectivity index (χ4n) is 4.63. The third-order valence-corrected chi connectivity index (χ3v) is 7.77. The molecule has 9 nitrogen and oxygen atoms in total. The molecule has 0 aliphatic carbocycles. The minimum atomic E-state index is -0.788. The SMILES string of the molecule is Cc1c(NC(=O)CCCCCCC(=O)O)sc2ncnc(Nc3ccc4c(cnn4Cc4cccc(F)c4)c3)c12. The lowest BCUT2D eigenvalue weighted by atomic mass is 10.1. The molecule has 0 spiro atoms. The third-order valence-electron chi connectivity index (χ3n) is 6.65. The lowest BCUT2D eigenvalue weighted by molar-refractivity contribution is -0.137. The van der Waals surface area contributed by atoms with E-state index in [2.05, 4.69) is 25.7 Å². The van der Waals surface area contributed by atoms with Crippen molar-refractivity contribution in [2.75, 3.05) is 10.6 Å². The first-order valence-corrected chi connectivity index (χ1v) is 13.9. The van der Waals surface area contributed by atoms with Gasteiger partial charge in [0, 0.05) is 23.9 Å². The summed E-state index contributed by atoms with van der Waals surface area (Å²) in [6, 6.07) is 12.4. The van der Waals surface area contributed by atoms with Crippen LogP contribution in [0.25, 0.3) is 21.1 Å². The van der Waals surface area contributed by atoms with E-state index < -0.39 is 5.97 Å². The van der Waals surface area contributed by atoms with Crippen LogP contribution in [0.15, 0.2) is 55.0 Å². The van der Waals surface area contributed by atoms with Crippen LogP contribution < -0.4 is 10.6 Å². The van der Waals surface area contributed by atoms with Crippen molar-refractivity contribution < 1.29 is 19.1 Å². The zero-order valence-corrected chi connectivity index (χ0v) is 22.8. The number of nitrogens with zero attached hydrogens (tertiary/aromatic N) is 4. The summed E-state index contributed by atoms with van der Waals surface area (Å²) in [6.45, 7) is 2.41. The number of anilines is 3. The van der Waals surface area contributed by atoms with Crippen LogP contribution in [0.5, 0.6) is 0 Å². The molecule has 0 unspecified atom stereocenters. The molecule has 0 atom stereocenters. The van der Waals surface area contributed by atoms with Gasteiger partial charge in [0.15, 0.2) is 0 Å². The molecule has 11 heteroatoms. The van der Waals surface area contributed by atoms with Gasteiger partial charge in [-0.3, -0.25) is 14.3 Å². The maximum Gasteiger partial charge on any atom is 0.303 e. The maximum absolute atomic E-state index is 13.6. The van der Waals surface area contributed by atoms with Gasteiger partial charge in [-0.2, -0.15) is 5.10 Å². The van der Waals surface area contributed by atoms with Gasteiger partial charge < -0.3 is 15.7 Å². The van der Waals surface area contributed by atoms with Crippen molar-refractivity contribution in [2.24, 2.45) is 0 Å². The predicted octanol–water partition coefficient (Wildman–Crippen LogP) is 6.64. The maximum atomic E-state index is 13.6. The summed E-state index contributed by atoms with van der Waals surface area (Å²) in [5.74, 6) is -0.488. The molecule has 2 aromatic carbocycles. The average Bonchev–Trinajstić information content (AvgIpc) is 3.46. The number of fused-ring (bicyclic) bond motifs is 2. The second-order valence-corrected chi connectivity index (χ2v) is 10.6. The quantitative estimate of drug-likeness (QED) is 0.146. The molecule has 0 saturated heterocycles. The molecule has 0 saturated carbocycles. The Bertz CT molecular complexity index is 1680. The number of amides is 1. The predicted molar refractivity (Wildman–Crippen MR) is 155 cm³/mol. The molecule has 0 aliphatic heterocycles. The number of carbonyl (C=O) groups excluding carboxylic acids is 1. The van der Waals surface area contributed by atoms with Crippen molar-refractivity contribution in [3.63, 3.8) is 0 Å². The van der Waals surface area contributed by atoms with Gasteiger partial charge in [0.05, 0.1) is 23.6 Å². The van der Waals surface area contributed by atoms with Crippen molar-refractivity contribution in [1.82, 2.24) is 19.7 Å². The van der Waals surface area contributed by atoms with E-state index in [4.69, 9.17) is 5.11 Å². The highest BCUT2D eigenvalue weighted by molar-refractivity contribution is 7.22. The normalized spacial score (nSPS) is 11.2. The Morgan fingerprint density at radius 2 is 1.88 bits per heavy atom. The molecule has 3 aromatic heterocycles. The number of carbonyl (C=O) groups is 2.